The van der Waals surface area contributed by atoms with Crippen LogP contribution in [0.3, 0.4) is 0 Å². The summed E-state index contributed by atoms with van der Waals surface area (Å²) in [6, 6.07) is 8.26. The summed E-state index contributed by atoms with van der Waals surface area (Å²) in [6.07, 6.45) is 14.3. The van der Waals surface area contributed by atoms with Crippen LogP contribution in [-0.2, 0) is 24.4 Å². The Morgan fingerprint density at radius 3 is 2.72 bits per heavy atom. The van der Waals surface area contributed by atoms with E-state index in [1.165, 1.54) is 56.9 Å². The molecule has 172 valence electrons. The zero-order chi connectivity index (χ0) is 22.2. The second kappa shape index (κ2) is 11.3. The smallest absolute Gasteiger partial charge is 0.246 e. The van der Waals surface area contributed by atoms with Crippen molar-refractivity contribution in [3.8, 4) is 0 Å². The Labute approximate surface area is 190 Å². The van der Waals surface area contributed by atoms with Crippen LogP contribution in [0, 0.1) is 0 Å². The van der Waals surface area contributed by atoms with Crippen LogP contribution in [0.4, 0.5) is 5.69 Å². The fraction of sp³-hybridized carbons (Fsp3) is 0.560. The van der Waals surface area contributed by atoms with Gasteiger partial charge in [0.15, 0.2) is 0 Å². The van der Waals surface area contributed by atoms with E-state index in [1.54, 1.807) is 4.68 Å². The molecule has 7 nitrogen and oxygen atoms in total. The SMILES string of the molecule is CCCCCCCCn1ccc2cc(NC(=O)Cn3cc(CN4CCCC4)nn3)ccc21. The zero-order valence-electron chi connectivity index (χ0n) is 19.3. The molecule has 0 radical (unpaired) electrons. The molecule has 3 aromatic rings. The van der Waals surface area contributed by atoms with E-state index in [0.29, 0.717) is 0 Å². The predicted molar refractivity (Wildman–Crippen MR) is 128 cm³/mol. The lowest BCUT2D eigenvalue weighted by Crippen LogP contribution is -2.19. The molecule has 32 heavy (non-hydrogen) atoms. The first-order chi connectivity index (χ1) is 15.7. The van der Waals surface area contributed by atoms with Gasteiger partial charge in [0, 0.05) is 35.9 Å². The van der Waals surface area contributed by atoms with Gasteiger partial charge in [-0.3, -0.25) is 9.69 Å². The van der Waals surface area contributed by atoms with Gasteiger partial charge in [0.2, 0.25) is 5.91 Å². The Morgan fingerprint density at radius 2 is 1.88 bits per heavy atom. The lowest BCUT2D eigenvalue weighted by atomic mass is 10.1. The Hall–Kier alpha value is -2.67. The number of aromatic nitrogens is 4. The number of hydrogen-bond donors (Lipinski definition) is 1. The number of hydrogen-bond acceptors (Lipinski definition) is 4. The minimum atomic E-state index is -0.0894. The summed E-state index contributed by atoms with van der Waals surface area (Å²) in [7, 11) is 0. The highest BCUT2D eigenvalue weighted by molar-refractivity contribution is 5.93. The molecule has 1 N–H and O–H groups in total. The molecule has 1 amide bonds. The number of aryl methyl sites for hydroxylation is 1. The van der Waals surface area contributed by atoms with Gasteiger partial charge in [-0.05, 0) is 56.6 Å². The van der Waals surface area contributed by atoms with Crippen LogP contribution >= 0.6 is 0 Å². The standard InChI is InChI=1S/C25H36N6O/c1-2-3-4-5-6-7-15-30-16-12-21-17-22(10-11-24(21)30)26-25(32)20-31-19-23(27-28-31)18-29-13-8-9-14-29/h10-12,16-17,19H,2-9,13-15,18,20H2,1H3,(H,26,32). The summed E-state index contributed by atoms with van der Waals surface area (Å²) < 4.78 is 3.94. The summed E-state index contributed by atoms with van der Waals surface area (Å²) in [6.45, 7) is 6.53. The van der Waals surface area contributed by atoms with E-state index >= 15 is 0 Å². The molecule has 0 atom stereocenters. The maximum atomic E-state index is 12.5. The minimum absolute atomic E-state index is 0.0894. The Bertz CT molecular complexity index is 1000. The van der Waals surface area contributed by atoms with E-state index in [-0.39, 0.29) is 12.5 Å². The monoisotopic (exact) mass is 436 g/mol. The van der Waals surface area contributed by atoms with Crippen LogP contribution in [0.25, 0.3) is 10.9 Å². The molecule has 0 bridgehead atoms. The van der Waals surface area contributed by atoms with Crippen molar-refractivity contribution in [1.82, 2.24) is 24.5 Å². The normalized spacial score (nSPS) is 14.4. The van der Waals surface area contributed by atoms with Crippen molar-refractivity contribution in [2.45, 2.75) is 77.9 Å². The molecular weight excluding hydrogens is 400 g/mol. The fourth-order valence-electron chi connectivity index (χ4n) is 4.54. The molecule has 1 aliphatic heterocycles. The lowest BCUT2D eigenvalue weighted by Gasteiger charge is -2.11. The molecule has 1 aromatic carbocycles. The molecule has 4 rings (SSSR count). The van der Waals surface area contributed by atoms with Crippen molar-refractivity contribution in [2.75, 3.05) is 18.4 Å². The topological polar surface area (TPSA) is 68.0 Å². The number of unbranched alkanes of at least 4 members (excludes halogenated alkanes) is 5. The van der Waals surface area contributed by atoms with Gasteiger partial charge in [-0.2, -0.15) is 0 Å². The highest BCUT2D eigenvalue weighted by Gasteiger charge is 2.14. The molecule has 0 saturated carbocycles. The third-order valence-corrected chi connectivity index (χ3v) is 6.28. The molecule has 0 aliphatic carbocycles. The van der Waals surface area contributed by atoms with Gasteiger partial charge < -0.3 is 9.88 Å². The quantitative estimate of drug-likeness (QED) is 0.413. The van der Waals surface area contributed by atoms with Gasteiger partial charge in [0.05, 0.1) is 11.9 Å². The van der Waals surface area contributed by atoms with Crippen LogP contribution < -0.4 is 5.32 Å². The first-order valence-electron chi connectivity index (χ1n) is 12.2. The molecule has 2 aromatic heterocycles. The predicted octanol–water partition coefficient (Wildman–Crippen LogP) is 4.83. The van der Waals surface area contributed by atoms with Crippen molar-refractivity contribution in [1.29, 1.82) is 0 Å². The maximum Gasteiger partial charge on any atom is 0.246 e. The summed E-state index contributed by atoms with van der Waals surface area (Å²) in [5.74, 6) is -0.0894. The van der Waals surface area contributed by atoms with E-state index in [9.17, 15) is 4.79 Å². The van der Waals surface area contributed by atoms with Gasteiger partial charge >= 0.3 is 0 Å². The first kappa shape index (κ1) is 22.5. The second-order valence-corrected chi connectivity index (χ2v) is 8.99. The number of carbonyl (C=O) groups excluding carboxylic acids is 1. The largest absolute Gasteiger partial charge is 0.347 e. The molecule has 7 heteroatoms. The molecule has 0 unspecified atom stereocenters. The van der Waals surface area contributed by atoms with E-state index in [4.69, 9.17) is 0 Å². The van der Waals surface area contributed by atoms with Crippen molar-refractivity contribution in [3.63, 3.8) is 0 Å². The number of benzene rings is 1. The number of nitrogens with zero attached hydrogens (tertiary/aromatic N) is 5. The van der Waals surface area contributed by atoms with Gasteiger partial charge in [-0.25, -0.2) is 4.68 Å². The number of amides is 1. The molecule has 0 spiro atoms. The summed E-state index contributed by atoms with van der Waals surface area (Å²) >= 11 is 0. The van der Waals surface area contributed by atoms with Crippen LogP contribution in [-0.4, -0.2) is 43.5 Å². The van der Waals surface area contributed by atoms with E-state index in [2.05, 4.69) is 50.3 Å². The van der Waals surface area contributed by atoms with Gasteiger partial charge in [0.25, 0.3) is 0 Å². The van der Waals surface area contributed by atoms with E-state index in [1.807, 2.05) is 18.3 Å². The van der Waals surface area contributed by atoms with Crippen molar-refractivity contribution in [2.24, 2.45) is 0 Å². The maximum absolute atomic E-state index is 12.5. The van der Waals surface area contributed by atoms with Gasteiger partial charge in [-0.1, -0.05) is 44.2 Å². The molecule has 1 fully saturated rings. The van der Waals surface area contributed by atoms with Gasteiger partial charge in [-0.15, -0.1) is 5.10 Å². The number of carbonyl (C=O) groups is 1. The van der Waals surface area contributed by atoms with Crippen LogP contribution in [0.2, 0.25) is 0 Å². The number of anilines is 1. The Morgan fingerprint density at radius 1 is 1.06 bits per heavy atom. The first-order valence-corrected chi connectivity index (χ1v) is 12.2. The number of likely N-dealkylation sites (tertiary alicyclic amines) is 1. The summed E-state index contributed by atoms with van der Waals surface area (Å²) in [5, 5.41) is 12.5. The van der Waals surface area contributed by atoms with Crippen molar-refractivity contribution >= 4 is 22.5 Å². The van der Waals surface area contributed by atoms with Crippen molar-refractivity contribution < 1.29 is 4.79 Å². The average molecular weight is 437 g/mol. The highest BCUT2D eigenvalue weighted by Crippen LogP contribution is 2.21. The zero-order valence-corrected chi connectivity index (χ0v) is 19.3. The summed E-state index contributed by atoms with van der Waals surface area (Å²) in [4.78, 5) is 14.9. The number of fused-ring (bicyclic) bond motifs is 1. The average Bonchev–Trinajstić information content (AvgIpc) is 3.53. The lowest BCUT2D eigenvalue weighted by molar-refractivity contribution is -0.116. The van der Waals surface area contributed by atoms with Crippen LogP contribution in [0.1, 0.15) is 64.0 Å². The number of nitrogens with one attached hydrogen (secondary N) is 1. The van der Waals surface area contributed by atoms with E-state index in [0.717, 1.165) is 42.9 Å². The second-order valence-electron chi connectivity index (χ2n) is 8.99. The fourth-order valence-corrected chi connectivity index (χ4v) is 4.54. The molecule has 1 aliphatic rings. The third-order valence-electron chi connectivity index (χ3n) is 6.28. The minimum Gasteiger partial charge on any atom is -0.347 e. The Balaban J connectivity index is 1.26. The van der Waals surface area contributed by atoms with Crippen molar-refractivity contribution in [3.05, 3.63) is 42.4 Å². The molecule has 3 heterocycles. The molecule has 1 saturated heterocycles. The van der Waals surface area contributed by atoms with Gasteiger partial charge in [0.1, 0.15) is 6.54 Å². The van der Waals surface area contributed by atoms with Crippen LogP contribution in [0.15, 0.2) is 36.7 Å². The highest BCUT2D eigenvalue weighted by atomic mass is 16.2. The summed E-state index contributed by atoms with van der Waals surface area (Å²) in [5.41, 5.74) is 2.96. The van der Waals surface area contributed by atoms with E-state index < -0.39 is 0 Å². The Kier molecular flexibility index (Phi) is 7.93. The van der Waals surface area contributed by atoms with Crippen LogP contribution in [0.5, 0.6) is 0 Å². The molecular formula is C25H36N6O. The number of rotatable bonds is 12. The third kappa shape index (κ3) is 6.19.